The summed E-state index contributed by atoms with van der Waals surface area (Å²) in [6.45, 7) is 2.55. The van der Waals surface area contributed by atoms with Crippen molar-refractivity contribution in [2.75, 3.05) is 34.0 Å². The van der Waals surface area contributed by atoms with E-state index in [0.29, 0.717) is 45.1 Å². The van der Waals surface area contributed by atoms with Crippen LogP contribution in [0.3, 0.4) is 0 Å². The Labute approximate surface area is 189 Å². The molecular weight excluding hydrogens is 442 g/mol. The van der Waals surface area contributed by atoms with Gasteiger partial charge in [-0.05, 0) is 54.6 Å². The fourth-order valence-electron chi connectivity index (χ4n) is 2.94. The van der Waals surface area contributed by atoms with E-state index in [-0.39, 0.29) is 24.3 Å². The molecule has 1 aliphatic heterocycles. The highest BCUT2D eigenvalue weighted by Gasteiger charge is 2.35. The standard InChI is InChI=1S/C22H22ClNO6S/c1-4-29-20-15(23)11-14(12-18(20)28-3)13-19-21(25)24(22(26)31-19)9-10-30-17-8-6-5-7-16(17)27-2/h5-8,11-13H,4,9-10H2,1-3H3/b19-13-. The summed E-state index contributed by atoms with van der Waals surface area (Å²) in [5.41, 5.74) is 0.626. The molecule has 3 rings (SSSR count). The summed E-state index contributed by atoms with van der Waals surface area (Å²) < 4.78 is 21.7. The van der Waals surface area contributed by atoms with Gasteiger partial charge in [0.1, 0.15) is 6.61 Å². The molecule has 2 amide bonds. The molecule has 0 aromatic heterocycles. The van der Waals surface area contributed by atoms with Gasteiger partial charge >= 0.3 is 0 Å². The molecule has 31 heavy (non-hydrogen) atoms. The van der Waals surface area contributed by atoms with Crippen LogP contribution in [-0.4, -0.2) is 50.0 Å². The van der Waals surface area contributed by atoms with Gasteiger partial charge in [-0.25, -0.2) is 0 Å². The minimum Gasteiger partial charge on any atom is -0.493 e. The smallest absolute Gasteiger partial charge is 0.293 e. The maximum absolute atomic E-state index is 12.7. The van der Waals surface area contributed by atoms with Crippen LogP contribution in [0.25, 0.3) is 6.08 Å². The zero-order valence-corrected chi connectivity index (χ0v) is 18.9. The van der Waals surface area contributed by atoms with Crippen LogP contribution in [0.1, 0.15) is 12.5 Å². The normalized spacial score (nSPS) is 14.8. The number of para-hydroxylation sites is 2. The molecule has 0 N–H and O–H groups in total. The molecule has 0 unspecified atom stereocenters. The second-order valence-corrected chi connectivity index (χ2v) is 7.70. The predicted octanol–water partition coefficient (Wildman–Crippen LogP) is 4.87. The fourth-order valence-corrected chi connectivity index (χ4v) is 4.08. The van der Waals surface area contributed by atoms with Crippen LogP contribution < -0.4 is 18.9 Å². The van der Waals surface area contributed by atoms with Gasteiger partial charge < -0.3 is 18.9 Å². The predicted molar refractivity (Wildman–Crippen MR) is 120 cm³/mol. The lowest BCUT2D eigenvalue weighted by Crippen LogP contribution is -2.32. The van der Waals surface area contributed by atoms with E-state index >= 15 is 0 Å². The Bertz CT molecular complexity index is 1010. The summed E-state index contributed by atoms with van der Waals surface area (Å²) in [6, 6.07) is 10.5. The molecule has 9 heteroatoms. The van der Waals surface area contributed by atoms with Gasteiger partial charge in [0.15, 0.2) is 23.0 Å². The number of rotatable bonds is 9. The average molecular weight is 464 g/mol. The van der Waals surface area contributed by atoms with Gasteiger partial charge in [-0.15, -0.1) is 0 Å². The third kappa shape index (κ3) is 5.26. The number of carbonyl (C=O) groups is 2. The number of amides is 2. The Kier molecular flexibility index (Phi) is 7.70. The number of benzene rings is 2. The van der Waals surface area contributed by atoms with E-state index in [0.717, 1.165) is 16.7 Å². The quantitative estimate of drug-likeness (QED) is 0.491. The second kappa shape index (κ2) is 10.5. The molecule has 164 valence electrons. The SMILES string of the molecule is CCOc1c(Cl)cc(/C=C2\SC(=O)N(CCOc3ccccc3OC)C2=O)cc1OC. The molecule has 7 nitrogen and oxygen atoms in total. The molecule has 1 aliphatic rings. The van der Waals surface area contributed by atoms with E-state index in [1.54, 1.807) is 37.5 Å². The lowest BCUT2D eigenvalue weighted by molar-refractivity contribution is -0.123. The maximum atomic E-state index is 12.7. The highest BCUT2D eigenvalue weighted by atomic mass is 35.5. The van der Waals surface area contributed by atoms with Crippen molar-refractivity contribution in [3.63, 3.8) is 0 Å². The number of methoxy groups -OCH3 is 2. The van der Waals surface area contributed by atoms with Crippen molar-refractivity contribution in [3.8, 4) is 23.0 Å². The van der Waals surface area contributed by atoms with Crippen LogP contribution in [0.2, 0.25) is 5.02 Å². The van der Waals surface area contributed by atoms with Gasteiger partial charge in [-0.2, -0.15) is 0 Å². The number of thioether (sulfide) groups is 1. The second-order valence-electron chi connectivity index (χ2n) is 6.30. The summed E-state index contributed by atoms with van der Waals surface area (Å²) in [6.07, 6.45) is 1.61. The van der Waals surface area contributed by atoms with Crippen molar-refractivity contribution < 1.29 is 28.5 Å². The highest BCUT2D eigenvalue weighted by Crippen LogP contribution is 2.39. The average Bonchev–Trinajstić information content (AvgIpc) is 3.03. The first-order valence-corrected chi connectivity index (χ1v) is 10.7. The van der Waals surface area contributed by atoms with Crippen LogP contribution >= 0.6 is 23.4 Å². The van der Waals surface area contributed by atoms with Crippen LogP contribution in [0.4, 0.5) is 4.79 Å². The van der Waals surface area contributed by atoms with Gasteiger partial charge in [-0.1, -0.05) is 23.7 Å². The van der Waals surface area contributed by atoms with Crippen molar-refractivity contribution in [1.29, 1.82) is 0 Å². The summed E-state index contributed by atoms with van der Waals surface area (Å²) in [7, 11) is 3.05. The number of imide groups is 1. The molecule has 2 aromatic rings. The van der Waals surface area contributed by atoms with E-state index in [4.69, 9.17) is 30.5 Å². The van der Waals surface area contributed by atoms with Crippen molar-refractivity contribution >= 4 is 40.6 Å². The van der Waals surface area contributed by atoms with Gasteiger partial charge in [0.05, 0.1) is 37.3 Å². The van der Waals surface area contributed by atoms with Crippen molar-refractivity contribution in [2.45, 2.75) is 6.92 Å². The topological polar surface area (TPSA) is 74.3 Å². The Morgan fingerprint density at radius 2 is 1.74 bits per heavy atom. The molecule has 1 heterocycles. The summed E-state index contributed by atoms with van der Waals surface area (Å²) >= 11 is 7.16. The molecule has 0 bridgehead atoms. The van der Waals surface area contributed by atoms with Gasteiger partial charge in [0.2, 0.25) is 0 Å². The summed E-state index contributed by atoms with van der Waals surface area (Å²) in [5, 5.41) is 0.000706. The van der Waals surface area contributed by atoms with Crippen molar-refractivity contribution in [2.24, 2.45) is 0 Å². The van der Waals surface area contributed by atoms with Gasteiger partial charge in [-0.3, -0.25) is 14.5 Å². The molecular formula is C22H22ClNO6S. The molecule has 0 aliphatic carbocycles. The molecule has 1 saturated heterocycles. The fraction of sp³-hybridized carbons (Fsp3) is 0.273. The maximum Gasteiger partial charge on any atom is 0.293 e. The number of hydrogen-bond acceptors (Lipinski definition) is 7. The van der Waals surface area contributed by atoms with Crippen molar-refractivity contribution in [1.82, 2.24) is 4.90 Å². The van der Waals surface area contributed by atoms with E-state index in [1.165, 1.54) is 7.11 Å². The van der Waals surface area contributed by atoms with Gasteiger partial charge in [0, 0.05) is 0 Å². The number of ether oxygens (including phenoxy) is 4. The van der Waals surface area contributed by atoms with E-state index in [1.807, 2.05) is 19.1 Å². The Morgan fingerprint density at radius 3 is 2.42 bits per heavy atom. The van der Waals surface area contributed by atoms with E-state index < -0.39 is 0 Å². The zero-order valence-electron chi connectivity index (χ0n) is 17.3. The van der Waals surface area contributed by atoms with Gasteiger partial charge in [0.25, 0.3) is 11.1 Å². The first-order valence-electron chi connectivity index (χ1n) is 9.50. The summed E-state index contributed by atoms with van der Waals surface area (Å²) in [4.78, 5) is 26.5. The van der Waals surface area contributed by atoms with E-state index in [2.05, 4.69) is 0 Å². The van der Waals surface area contributed by atoms with E-state index in [9.17, 15) is 9.59 Å². The first-order chi connectivity index (χ1) is 15.0. The van der Waals surface area contributed by atoms with Crippen LogP contribution in [0.15, 0.2) is 41.3 Å². The lowest BCUT2D eigenvalue weighted by Gasteiger charge is -2.14. The minimum atomic E-state index is -0.386. The minimum absolute atomic E-state index is 0.118. The Balaban J connectivity index is 1.71. The third-order valence-electron chi connectivity index (χ3n) is 4.35. The molecule has 0 saturated carbocycles. The molecule has 0 spiro atoms. The molecule has 2 aromatic carbocycles. The lowest BCUT2D eigenvalue weighted by atomic mass is 10.1. The summed E-state index contributed by atoms with van der Waals surface area (Å²) in [5.74, 6) is 1.62. The molecule has 1 fully saturated rings. The molecule has 0 atom stereocenters. The van der Waals surface area contributed by atoms with Crippen LogP contribution in [0, 0.1) is 0 Å². The highest BCUT2D eigenvalue weighted by molar-refractivity contribution is 8.18. The number of halogens is 1. The monoisotopic (exact) mass is 463 g/mol. The van der Waals surface area contributed by atoms with Crippen LogP contribution in [-0.2, 0) is 4.79 Å². The largest absolute Gasteiger partial charge is 0.493 e. The Morgan fingerprint density at radius 1 is 1.03 bits per heavy atom. The van der Waals surface area contributed by atoms with Crippen LogP contribution in [0.5, 0.6) is 23.0 Å². The van der Waals surface area contributed by atoms with Crippen molar-refractivity contribution in [3.05, 3.63) is 51.9 Å². The zero-order chi connectivity index (χ0) is 22.4. The Hall–Kier alpha value is -2.84. The molecule has 0 radical (unpaired) electrons. The number of nitrogens with zero attached hydrogens (tertiary/aromatic N) is 1. The first kappa shape index (κ1) is 22.8. The number of carbonyl (C=O) groups excluding carboxylic acids is 2. The number of hydrogen-bond donors (Lipinski definition) is 0. The third-order valence-corrected chi connectivity index (χ3v) is 5.54.